The number of nitrogens with zero attached hydrogens (tertiary/aromatic N) is 3. The number of rotatable bonds is 3. The number of carbonyl (C=O) groups is 1. The fraction of sp³-hybridized carbons (Fsp3) is 0.250. The van der Waals surface area contributed by atoms with Crippen molar-refractivity contribution in [2.45, 2.75) is 6.92 Å². The molecule has 0 N–H and O–H groups in total. The van der Waals surface area contributed by atoms with E-state index < -0.39 is 11.9 Å². The zero-order chi connectivity index (χ0) is 13.8. The summed E-state index contributed by atoms with van der Waals surface area (Å²) in [5, 5.41) is 1.22. The maximum Gasteiger partial charge on any atom is 0.414 e. The number of halogens is 1. The summed E-state index contributed by atoms with van der Waals surface area (Å²) in [6.07, 6.45) is 3.75. The number of anilines is 1. The highest BCUT2D eigenvalue weighted by Gasteiger charge is 2.15. The smallest absolute Gasteiger partial charge is 0.414 e. The van der Waals surface area contributed by atoms with E-state index in [9.17, 15) is 9.18 Å². The largest absolute Gasteiger partial charge is 0.449 e. The SMILES string of the molecule is CCOC(=O)N(C)c1cnc(-c2cncc(F)c2)s1. The van der Waals surface area contributed by atoms with Gasteiger partial charge < -0.3 is 4.74 Å². The second-order valence-electron chi connectivity index (χ2n) is 3.65. The third kappa shape index (κ3) is 3.05. The number of ether oxygens (including phenoxy) is 1. The van der Waals surface area contributed by atoms with Crippen LogP contribution < -0.4 is 4.90 Å². The van der Waals surface area contributed by atoms with Gasteiger partial charge in [-0.05, 0) is 13.0 Å². The Morgan fingerprint density at radius 3 is 2.95 bits per heavy atom. The highest BCUT2D eigenvalue weighted by atomic mass is 32.1. The monoisotopic (exact) mass is 281 g/mol. The minimum Gasteiger partial charge on any atom is -0.449 e. The van der Waals surface area contributed by atoms with Crippen molar-refractivity contribution in [2.24, 2.45) is 0 Å². The zero-order valence-corrected chi connectivity index (χ0v) is 11.3. The van der Waals surface area contributed by atoms with E-state index in [1.165, 1.54) is 28.5 Å². The summed E-state index contributed by atoms with van der Waals surface area (Å²) in [5.41, 5.74) is 0.577. The van der Waals surface area contributed by atoms with E-state index in [0.717, 1.165) is 6.20 Å². The molecule has 2 heterocycles. The molecule has 2 rings (SSSR count). The fourth-order valence-electron chi connectivity index (χ4n) is 1.39. The van der Waals surface area contributed by atoms with Gasteiger partial charge in [0, 0.05) is 18.8 Å². The Balaban J connectivity index is 2.21. The molecule has 0 atom stereocenters. The number of pyridine rings is 1. The minimum atomic E-state index is -0.449. The molecule has 0 fully saturated rings. The van der Waals surface area contributed by atoms with E-state index in [1.807, 2.05) is 0 Å². The molecule has 0 aromatic carbocycles. The third-order valence-electron chi connectivity index (χ3n) is 2.32. The van der Waals surface area contributed by atoms with E-state index in [-0.39, 0.29) is 0 Å². The van der Waals surface area contributed by atoms with Crippen molar-refractivity contribution in [3.05, 3.63) is 30.5 Å². The van der Waals surface area contributed by atoms with Gasteiger partial charge in [-0.2, -0.15) is 0 Å². The number of hydrogen-bond acceptors (Lipinski definition) is 5. The van der Waals surface area contributed by atoms with Gasteiger partial charge in [-0.15, -0.1) is 0 Å². The fourth-order valence-corrected chi connectivity index (χ4v) is 2.24. The highest BCUT2D eigenvalue weighted by Crippen LogP contribution is 2.30. The minimum absolute atomic E-state index is 0.308. The topological polar surface area (TPSA) is 55.3 Å². The number of aromatic nitrogens is 2. The maximum atomic E-state index is 13.1. The average molecular weight is 281 g/mol. The van der Waals surface area contributed by atoms with E-state index in [2.05, 4.69) is 9.97 Å². The molecule has 0 aliphatic heterocycles. The summed E-state index contributed by atoms with van der Waals surface area (Å²) in [6, 6.07) is 1.35. The Hall–Kier alpha value is -2.02. The second-order valence-corrected chi connectivity index (χ2v) is 4.66. The lowest BCUT2D eigenvalue weighted by Crippen LogP contribution is -2.26. The number of thiazole rings is 1. The van der Waals surface area contributed by atoms with Gasteiger partial charge in [0.25, 0.3) is 0 Å². The van der Waals surface area contributed by atoms with Gasteiger partial charge in [0.1, 0.15) is 15.8 Å². The second kappa shape index (κ2) is 5.75. The molecule has 19 heavy (non-hydrogen) atoms. The van der Waals surface area contributed by atoms with E-state index >= 15 is 0 Å². The van der Waals surface area contributed by atoms with Crippen LogP contribution in [0.15, 0.2) is 24.7 Å². The van der Waals surface area contributed by atoms with Crippen LogP contribution in [0.5, 0.6) is 0 Å². The molecule has 0 saturated heterocycles. The van der Waals surface area contributed by atoms with E-state index in [0.29, 0.717) is 22.2 Å². The Bertz CT molecular complexity index is 588. The maximum absolute atomic E-state index is 13.1. The van der Waals surface area contributed by atoms with Crippen molar-refractivity contribution < 1.29 is 13.9 Å². The molecule has 1 amide bonds. The van der Waals surface area contributed by atoms with Crippen LogP contribution in [-0.4, -0.2) is 29.7 Å². The number of amides is 1. The van der Waals surface area contributed by atoms with E-state index in [1.54, 1.807) is 20.2 Å². The molecule has 100 valence electrons. The predicted octanol–water partition coefficient (Wildman–Crippen LogP) is 2.94. The normalized spacial score (nSPS) is 10.3. The Morgan fingerprint density at radius 1 is 1.47 bits per heavy atom. The quantitative estimate of drug-likeness (QED) is 0.868. The molecular formula is C12H12FN3O2S. The van der Waals surface area contributed by atoms with Gasteiger partial charge in [0.05, 0.1) is 19.0 Å². The van der Waals surface area contributed by atoms with E-state index in [4.69, 9.17) is 4.74 Å². The Kier molecular flexibility index (Phi) is 4.06. The summed E-state index contributed by atoms with van der Waals surface area (Å²) in [6.45, 7) is 2.05. The Labute approximate surface area is 113 Å². The molecule has 0 bridgehead atoms. The van der Waals surface area contributed by atoms with Gasteiger partial charge in [-0.25, -0.2) is 14.2 Å². The molecular weight excluding hydrogens is 269 g/mol. The van der Waals surface area contributed by atoms with Crippen molar-refractivity contribution in [1.29, 1.82) is 0 Å². The summed E-state index contributed by atoms with van der Waals surface area (Å²) in [7, 11) is 1.60. The molecule has 0 saturated carbocycles. The molecule has 0 radical (unpaired) electrons. The molecule has 0 aliphatic carbocycles. The van der Waals surface area contributed by atoms with Gasteiger partial charge in [-0.3, -0.25) is 9.88 Å². The lowest BCUT2D eigenvalue weighted by atomic mass is 10.3. The van der Waals surface area contributed by atoms with Gasteiger partial charge in [0.15, 0.2) is 0 Å². The van der Waals surface area contributed by atoms with Crippen molar-refractivity contribution in [2.75, 3.05) is 18.6 Å². The molecule has 0 spiro atoms. The van der Waals surface area contributed by atoms with Gasteiger partial charge in [-0.1, -0.05) is 11.3 Å². The van der Waals surface area contributed by atoms with Crippen LogP contribution in [0.1, 0.15) is 6.92 Å². The first-order valence-corrected chi connectivity index (χ1v) is 6.40. The molecule has 0 unspecified atom stereocenters. The number of carbonyl (C=O) groups excluding carboxylic acids is 1. The van der Waals surface area contributed by atoms with Crippen LogP contribution in [0.2, 0.25) is 0 Å². The molecule has 2 aromatic heterocycles. The van der Waals surface area contributed by atoms with Crippen LogP contribution >= 0.6 is 11.3 Å². The van der Waals surface area contributed by atoms with Crippen LogP contribution in [0, 0.1) is 5.82 Å². The van der Waals surface area contributed by atoms with Crippen LogP contribution in [-0.2, 0) is 4.74 Å². The molecule has 2 aromatic rings. The number of hydrogen-bond donors (Lipinski definition) is 0. The average Bonchev–Trinajstić information content (AvgIpc) is 2.87. The zero-order valence-electron chi connectivity index (χ0n) is 10.5. The summed E-state index contributed by atoms with van der Waals surface area (Å²) in [5.74, 6) is -0.423. The molecule has 0 aliphatic rings. The first-order chi connectivity index (χ1) is 9.11. The van der Waals surface area contributed by atoms with Gasteiger partial charge in [0.2, 0.25) is 0 Å². The van der Waals surface area contributed by atoms with Crippen LogP contribution in [0.3, 0.4) is 0 Å². The Morgan fingerprint density at radius 2 is 2.26 bits per heavy atom. The standard InChI is InChI=1S/C12H12FN3O2S/c1-3-18-12(17)16(2)10-7-15-11(19-10)8-4-9(13)6-14-5-8/h4-7H,3H2,1-2H3. The van der Waals surface area contributed by atoms with Crippen molar-refractivity contribution >= 4 is 22.4 Å². The lowest BCUT2D eigenvalue weighted by Gasteiger charge is -2.13. The summed E-state index contributed by atoms with van der Waals surface area (Å²) < 4.78 is 18.0. The third-order valence-corrected chi connectivity index (χ3v) is 3.44. The summed E-state index contributed by atoms with van der Waals surface area (Å²) in [4.78, 5) is 20.8. The predicted molar refractivity (Wildman–Crippen MR) is 70.7 cm³/mol. The first kappa shape index (κ1) is 13.4. The van der Waals surface area contributed by atoms with Crippen molar-refractivity contribution in [3.8, 4) is 10.6 Å². The lowest BCUT2D eigenvalue weighted by molar-refractivity contribution is 0.161. The molecule has 7 heteroatoms. The van der Waals surface area contributed by atoms with Crippen molar-refractivity contribution in [3.63, 3.8) is 0 Å². The van der Waals surface area contributed by atoms with Crippen LogP contribution in [0.4, 0.5) is 14.2 Å². The highest BCUT2D eigenvalue weighted by molar-refractivity contribution is 7.19. The van der Waals surface area contributed by atoms with Gasteiger partial charge >= 0.3 is 6.09 Å². The molecule has 5 nitrogen and oxygen atoms in total. The first-order valence-electron chi connectivity index (χ1n) is 5.59. The van der Waals surface area contributed by atoms with Crippen LogP contribution in [0.25, 0.3) is 10.6 Å². The van der Waals surface area contributed by atoms with Crippen molar-refractivity contribution in [1.82, 2.24) is 9.97 Å². The summed E-state index contributed by atoms with van der Waals surface area (Å²) >= 11 is 1.26.